The summed E-state index contributed by atoms with van der Waals surface area (Å²) in [5.41, 5.74) is 2.10. The van der Waals surface area contributed by atoms with Crippen molar-refractivity contribution in [2.24, 2.45) is 5.41 Å². The highest BCUT2D eigenvalue weighted by molar-refractivity contribution is 5.73. The number of nitrogens with zero attached hydrogens (tertiary/aromatic N) is 3. The van der Waals surface area contributed by atoms with Gasteiger partial charge in [-0.25, -0.2) is 9.67 Å². The molecule has 33 heavy (non-hydrogen) atoms. The molecule has 0 radical (unpaired) electrons. The lowest BCUT2D eigenvalue weighted by atomic mass is 9.86. The molecule has 0 fully saturated rings. The van der Waals surface area contributed by atoms with Crippen LogP contribution in [0.1, 0.15) is 51.7 Å². The van der Waals surface area contributed by atoms with Crippen LogP contribution in [0.15, 0.2) is 36.9 Å². The summed E-state index contributed by atoms with van der Waals surface area (Å²) < 4.78 is 18.0. The van der Waals surface area contributed by atoms with E-state index in [1.165, 1.54) is 6.33 Å². The van der Waals surface area contributed by atoms with E-state index in [0.717, 1.165) is 30.6 Å². The van der Waals surface area contributed by atoms with E-state index in [2.05, 4.69) is 28.8 Å². The molecule has 0 aliphatic heterocycles. The number of aromatic nitrogens is 3. The van der Waals surface area contributed by atoms with Gasteiger partial charge in [0.15, 0.2) is 0 Å². The Hall–Kier alpha value is -2.50. The number of ether oxygens (including phenoxy) is 3. The van der Waals surface area contributed by atoms with E-state index in [-0.39, 0.29) is 5.41 Å². The summed E-state index contributed by atoms with van der Waals surface area (Å²) in [5, 5.41) is 15.1. The van der Waals surface area contributed by atoms with E-state index < -0.39 is 6.10 Å². The van der Waals surface area contributed by atoms with E-state index in [9.17, 15) is 5.11 Å². The van der Waals surface area contributed by atoms with Crippen molar-refractivity contribution in [3.63, 3.8) is 0 Å². The predicted octanol–water partition coefficient (Wildman–Crippen LogP) is 3.88. The molecule has 0 spiro atoms. The van der Waals surface area contributed by atoms with Crippen LogP contribution in [0.2, 0.25) is 0 Å². The Morgan fingerprint density at radius 2 is 1.85 bits per heavy atom. The minimum Gasteiger partial charge on any atom is -0.386 e. The van der Waals surface area contributed by atoms with Gasteiger partial charge in [0.25, 0.3) is 0 Å². The molecule has 1 N–H and O–H groups in total. The molecule has 1 atom stereocenters. The van der Waals surface area contributed by atoms with Crippen LogP contribution in [0.4, 0.5) is 0 Å². The molecular formula is C26H37N3O4. The highest BCUT2D eigenvalue weighted by Gasteiger charge is 2.27. The maximum Gasteiger partial charge on any atom is 0.138 e. The number of hydrogen-bond acceptors (Lipinski definition) is 6. The topological polar surface area (TPSA) is 78.6 Å². The lowest BCUT2D eigenvalue weighted by molar-refractivity contribution is 0.0197. The first-order valence-electron chi connectivity index (χ1n) is 11.5. The summed E-state index contributed by atoms with van der Waals surface area (Å²) in [6.45, 7) is 11.5. The fraction of sp³-hybridized carbons (Fsp3) is 0.538. The Kier molecular flexibility index (Phi) is 11.8. The van der Waals surface area contributed by atoms with Gasteiger partial charge in [0, 0.05) is 12.2 Å². The van der Waals surface area contributed by atoms with Crippen LogP contribution in [0.3, 0.4) is 0 Å². The molecule has 1 aromatic heterocycles. The maximum absolute atomic E-state index is 10.9. The second kappa shape index (κ2) is 14.6. The molecule has 1 unspecified atom stereocenters. The molecule has 0 aliphatic rings. The van der Waals surface area contributed by atoms with Gasteiger partial charge in [0.05, 0.1) is 32.1 Å². The standard InChI is InChI=1S/C26H37N3O4/c1-5-6-12-31-14-16-33-17-15-32-13-8-11-22-9-7-10-23(18-22)19-24(25(30)26(2,3)4)29-21-27-20-28-29/h7,9-10,18-21,25,30H,5-6,12-17H2,1-4H3/b24-19+. The van der Waals surface area contributed by atoms with E-state index in [1.54, 1.807) is 11.0 Å². The summed E-state index contributed by atoms with van der Waals surface area (Å²) in [5.74, 6) is 6.15. The van der Waals surface area contributed by atoms with Crippen molar-refractivity contribution in [1.82, 2.24) is 14.8 Å². The summed E-state index contributed by atoms with van der Waals surface area (Å²) in [6, 6.07) is 7.83. The fourth-order valence-corrected chi connectivity index (χ4v) is 2.88. The number of aliphatic hydroxyl groups excluding tert-OH is 1. The zero-order valence-corrected chi connectivity index (χ0v) is 20.3. The Balaban J connectivity index is 1.85. The van der Waals surface area contributed by atoms with Gasteiger partial charge in [-0.05, 0) is 35.6 Å². The third-order valence-electron chi connectivity index (χ3n) is 4.78. The van der Waals surface area contributed by atoms with Crippen molar-refractivity contribution in [2.75, 3.05) is 39.6 Å². The monoisotopic (exact) mass is 455 g/mol. The average molecular weight is 456 g/mol. The Labute approximate surface area is 197 Å². The third-order valence-corrected chi connectivity index (χ3v) is 4.78. The van der Waals surface area contributed by atoms with Crippen LogP contribution >= 0.6 is 0 Å². The van der Waals surface area contributed by atoms with Gasteiger partial charge in [-0.3, -0.25) is 0 Å². The Bertz CT molecular complexity index is 892. The highest BCUT2D eigenvalue weighted by Crippen LogP contribution is 2.28. The number of hydrogen-bond donors (Lipinski definition) is 1. The minimum absolute atomic E-state index is 0.337. The summed E-state index contributed by atoms with van der Waals surface area (Å²) >= 11 is 0. The van der Waals surface area contributed by atoms with Crippen molar-refractivity contribution < 1.29 is 19.3 Å². The van der Waals surface area contributed by atoms with Crippen LogP contribution in [0.25, 0.3) is 11.8 Å². The second-order valence-corrected chi connectivity index (χ2v) is 8.74. The lowest BCUT2D eigenvalue weighted by Crippen LogP contribution is -2.29. The molecule has 0 amide bonds. The molecule has 1 aromatic carbocycles. The molecule has 0 aliphatic carbocycles. The van der Waals surface area contributed by atoms with E-state index in [1.807, 2.05) is 51.1 Å². The van der Waals surface area contributed by atoms with Crippen molar-refractivity contribution in [3.8, 4) is 11.8 Å². The minimum atomic E-state index is -0.715. The van der Waals surface area contributed by atoms with Gasteiger partial charge in [-0.2, -0.15) is 5.10 Å². The molecule has 2 rings (SSSR count). The van der Waals surface area contributed by atoms with Gasteiger partial charge < -0.3 is 19.3 Å². The van der Waals surface area contributed by atoms with Crippen molar-refractivity contribution in [3.05, 3.63) is 48.0 Å². The first-order chi connectivity index (χ1) is 15.9. The first kappa shape index (κ1) is 26.7. The summed E-state index contributed by atoms with van der Waals surface area (Å²) in [7, 11) is 0. The summed E-state index contributed by atoms with van der Waals surface area (Å²) in [6.07, 6.45) is 6.47. The van der Waals surface area contributed by atoms with Gasteiger partial charge in [-0.1, -0.05) is 58.1 Å². The number of aliphatic hydroxyl groups is 1. The average Bonchev–Trinajstić information content (AvgIpc) is 3.32. The molecule has 7 nitrogen and oxygen atoms in total. The van der Waals surface area contributed by atoms with Gasteiger partial charge in [0.1, 0.15) is 25.4 Å². The molecule has 2 aromatic rings. The zero-order chi connectivity index (χ0) is 23.9. The molecule has 0 saturated heterocycles. The highest BCUT2D eigenvalue weighted by atomic mass is 16.5. The van der Waals surface area contributed by atoms with Crippen molar-refractivity contribution in [1.29, 1.82) is 0 Å². The van der Waals surface area contributed by atoms with E-state index in [4.69, 9.17) is 14.2 Å². The van der Waals surface area contributed by atoms with E-state index >= 15 is 0 Å². The Morgan fingerprint density at radius 3 is 2.52 bits per heavy atom. The second-order valence-electron chi connectivity index (χ2n) is 8.74. The quantitative estimate of drug-likeness (QED) is 0.365. The molecule has 7 heteroatoms. The normalized spacial score (nSPS) is 12.9. The number of unbranched alkanes of at least 4 members (excludes halogenated alkanes) is 1. The van der Waals surface area contributed by atoms with Gasteiger partial charge >= 0.3 is 0 Å². The van der Waals surface area contributed by atoms with Crippen LogP contribution in [-0.4, -0.2) is 65.6 Å². The Morgan fingerprint density at radius 1 is 1.12 bits per heavy atom. The largest absolute Gasteiger partial charge is 0.386 e. The fourth-order valence-electron chi connectivity index (χ4n) is 2.88. The molecule has 0 saturated carbocycles. The van der Waals surface area contributed by atoms with Crippen LogP contribution in [-0.2, 0) is 14.2 Å². The third kappa shape index (κ3) is 10.3. The molecule has 0 bridgehead atoms. The van der Waals surface area contributed by atoms with Crippen molar-refractivity contribution >= 4 is 11.8 Å². The molecular weight excluding hydrogens is 418 g/mol. The smallest absolute Gasteiger partial charge is 0.138 e. The maximum atomic E-state index is 10.9. The van der Waals surface area contributed by atoms with Gasteiger partial charge in [0.2, 0.25) is 0 Å². The van der Waals surface area contributed by atoms with Crippen LogP contribution in [0.5, 0.6) is 0 Å². The van der Waals surface area contributed by atoms with E-state index in [0.29, 0.717) is 38.7 Å². The first-order valence-corrected chi connectivity index (χ1v) is 11.5. The van der Waals surface area contributed by atoms with Crippen LogP contribution < -0.4 is 0 Å². The number of rotatable bonds is 13. The zero-order valence-electron chi connectivity index (χ0n) is 20.3. The molecule has 180 valence electrons. The van der Waals surface area contributed by atoms with Crippen LogP contribution in [0, 0.1) is 17.3 Å². The lowest BCUT2D eigenvalue weighted by Gasteiger charge is -2.28. The van der Waals surface area contributed by atoms with Gasteiger partial charge in [-0.15, -0.1) is 0 Å². The SMILES string of the molecule is CCCCOCCOCCOCC#Cc1cccc(/C=C(\C(O)C(C)(C)C)n2cncn2)c1. The summed E-state index contributed by atoms with van der Waals surface area (Å²) in [4.78, 5) is 4.01. The van der Waals surface area contributed by atoms with Crippen molar-refractivity contribution in [2.45, 2.75) is 46.6 Å². The molecule has 1 heterocycles. The number of benzene rings is 1. The predicted molar refractivity (Wildman–Crippen MR) is 130 cm³/mol.